The smallest absolute Gasteiger partial charge is 0.0487 e. The maximum atomic E-state index is 5.96. The Hall–Kier alpha value is -0.120. The molecule has 1 unspecified atom stereocenters. The number of methoxy groups -OCH3 is 1. The van der Waals surface area contributed by atoms with Crippen LogP contribution in [-0.4, -0.2) is 33.0 Å². The molecule has 0 aromatic carbocycles. The number of hydrogen-bond donors (Lipinski definition) is 1. The summed E-state index contributed by atoms with van der Waals surface area (Å²) in [7, 11) is 1.71. The van der Waals surface area contributed by atoms with Gasteiger partial charge in [-0.05, 0) is 31.6 Å². The molecule has 0 saturated carbocycles. The minimum absolute atomic E-state index is 0.340. The topological polar surface area (TPSA) is 44.5 Å². The highest BCUT2D eigenvalue weighted by atomic mass is 16.5. The summed E-state index contributed by atoms with van der Waals surface area (Å²) in [5.74, 6) is 0.697. The van der Waals surface area contributed by atoms with Crippen LogP contribution >= 0.6 is 0 Å². The Morgan fingerprint density at radius 1 is 1.07 bits per heavy atom. The molecule has 92 valence electrons. The Kier molecular flexibility index (Phi) is 10.3. The lowest BCUT2D eigenvalue weighted by Crippen LogP contribution is -2.22. The zero-order valence-electron chi connectivity index (χ0n) is 10.5. The highest BCUT2D eigenvalue weighted by molar-refractivity contribution is 4.63. The van der Waals surface area contributed by atoms with E-state index in [1.54, 1.807) is 7.11 Å². The second-order valence-electron chi connectivity index (χ2n) is 4.49. The Balaban J connectivity index is 3.09. The number of rotatable bonds is 10. The molecule has 0 amide bonds. The minimum Gasteiger partial charge on any atom is -0.385 e. The van der Waals surface area contributed by atoms with Crippen molar-refractivity contribution in [2.75, 3.05) is 26.9 Å². The van der Waals surface area contributed by atoms with E-state index >= 15 is 0 Å². The van der Waals surface area contributed by atoms with E-state index in [0.29, 0.717) is 12.0 Å². The van der Waals surface area contributed by atoms with Gasteiger partial charge in [-0.3, -0.25) is 0 Å². The predicted octanol–water partition coefficient (Wildman–Crippen LogP) is 2.19. The monoisotopic (exact) mass is 217 g/mol. The molecule has 0 fully saturated rings. The highest BCUT2D eigenvalue weighted by Gasteiger charge is 2.04. The fourth-order valence-electron chi connectivity index (χ4n) is 1.58. The lowest BCUT2D eigenvalue weighted by atomic mass is 10.0. The minimum atomic E-state index is 0.340. The maximum absolute atomic E-state index is 5.96. The Labute approximate surface area is 94.3 Å². The number of hydrogen-bond acceptors (Lipinski definition) is 3. The third-order valence-corrected chi connectivity index (χ3v) is 2.27. The van der Waals surface area contributed by atoms with Crippen molar-refractivity contribution in [3.63, 3.8) is 0 Å². The normalized spacial score (nSPS) is 13.4. The molecule has 0 heterocycles. The number of ether oxygens (including phenoxy) is 2. The van der Waals surface area contributed by atoms with E-state index in [4.69, 9.17) is 15.2 Å². The summed E-state index contributed by atoms with van der Waals surface area (Å²) in [5, 5.41) is 0. The zero-order chi connectivity index (χ0) is 11.5. The van der Waals surface area contributed by atoms with E-state index in [0.717, 1.165) is 45.5 Å². The van der Waals surface area contributed by atoms with Crippen LogP contribution in [0.15, 0.2) is 0 Å². The van der Waals surface area contributed by atoms with E-state index in [1.807, 2.05) is 0 Å². The maximum Gasteiger partial charge on any atom is 0.0487 e. The first kappa shape index (κ1) is 14.9. The molecule has 0 bridgehead atoms. The van der Waals surface area contributed by atoms with Crippen LogP contribution in [0.25, 0.3) is 0 Å². The van der Waals surface area contributed by atoms with Gasteiger partial charge in [0.05, 0.1) is 0 Å². The van der Waals surface area contributed by atoms with Gasteiger partial charge in [-0.15, -0.1) is 0 Å². The van der Waals surface area contributed by atoms with Gasteiger partial charge in [0.15, 0.2) is 0 Å². The Morgan fingerprint density at radius 2 is 1.73 bits per heavy atom. The lowest BCUT2D eigenvalue weighted by molar-refractivity contribution is 0.0993. The zero-order valence-corrected chi connectivity index (χ0v) is 10.5. The van der Waals surface area contributed by atoms with Crippen LogP contribution in [0.1, 0.15) is 39.5 Å². The van der Waals surface area contributed by atoms with Crippen LogP contribution in [0.3, 0.4) is 0 Å². The van der Waals surface area contributed by atoms with Gasteiger partial charge in [-0.25, -0.2) is 0 Å². The molecule has 3 nitrogen and oxygen atoms in total. The van der Waals surface area contributed by atoms with E-state index in [-0.39, 0.29) is 0 Å². The second-order valence-corrected chi connectivity index (χ2v) is 4.49. The van der Waals surface area contributed by atoms with Crippen LogP contribution in [0.5, 0.6) is 0 Å². The van der Waals surface area contributed by atoms with Crippen molar-refractivity contribution in [3.8, 4) is 0 Å². The molecule has 0 rings (SSSR count). The average molecular weight is 217 g/mol. The Bertz CT molecular complexity index is 129. The van der Waals surface area contributed by atoms with E-state index in [9.17, 15) is 0 Å². The SMILES string of the molecule is COCCCOCCCC(N)CC(C)C. The summed E-state index contributed by atoms with van der Waals surface area (Å²) in [6.45, 7) is 6.83. The molecule has 0 saturated heterocycles. The van der Waals surface area contributed by atoms with Gasteiger partial charge in [0, 0.05) is 33.0 Å². The van der Waals surface area contributed by atoms with Gasteiger partial charge >= 0.3 is 0 Å². The van der Waals surface area contributed by atoms with Crippen molar-refractivity contribution in [3.05, 3.63) is 0 Å². The molecule has 0 aromatic rings. The standard InChI is InChI=1S/C12H27NO2/c1-11(2)10-12(13)6-4-8-15-9-5-7-14-3/h11-12H,4-10,13H2,1-3H3. The van der Waals surface area contributed by atoms with Crippen molar-refractivity contribution in [1.29, 1.82) is 0 Å². The third-order valence-electron chi connectivity index (χ3n) is 2.27. The second kappa shape index (κ2) is 10.4. The molecule has 2 N–H and O–H groups in total. The van der Waals surface area contributed by atoms with Crippen LogP contribution in [0.4, 0.5) is 0 Å². The van der Waals surface area contributed by atoms with Crippen LogP contribution in [0.2, 0.25) is 0 Å². The molecule has 0 radical (unpaired) electrons. The molecular weight excluding hydrogens is 190 g/mol. The van der Waals surface area contributed by atoms with Gasteiger partial charge in [0.1, 0.15) is 0 Å². The van der Waals surface area contributed by atoms with Gasteiger partial charge < -0.3 is 15.2 Å². The van der Waals surface area contributed by atoms with Crippen LogP contribution in [0, 0.1) is 5.92 Å². The molecular formula is C12H27NO2. The van der Waals surface area contributed by atoms with Crippen molar-refractivity contribution in [2.24, 2.45) is 11.7 Å². The fraction of sp³-hybridized carbons (Fsp3) is 1.00. The van der Waals surface area contributed by atoms with Gasteiger partial charge in [0.25, 0.3) is 0 Å². The van der Waals surface area contributed by atoms with Crippen molar-refractivity contribution in [2.45, 2.75) is 45.6 Å². The quantitative estimate of drug-likeness (QED) is 0.570. The van der Waals surface area contributed by atoms with Gasteiger partial charge in [-0.1, -0.05) is 13.8 Å². The molecule has 0 aromatic heterocycles. The molecule has 0 aliphatic rings. The summed E-state index contributed by atoms with van der Waals surface area (Å²) in [5.41, 5.74) is 5.96. The first-order valence-corrected chi connectivity index (χ1v) is 5.99. The van der Waals surface area contributed by atoms with E-state index in [2.05, 4.69) is 13.8 Å². The van der Waals surface area contributed by atoms with Crippen LogP contribution in [-0.2, 0) is 9.47 Å². The van der Waals surface area contributed by atoms with Crippen molar-refractivity contribution < 1.29 is 9.47 Å². The third kappa shape index (κ3) is 11.8. The molecule has 15 heavy (non-hydrogen) atoms. The molecule has 0 spiro atoms. The summed E-state index contributed by atoms with van der Waals surface area (Å²) >= 11 is 0. The summed E-state index contributed by atoms with van der Waals surface area (Å²) in [4.78, 5) is 0. The average Bonchev–Trinajstić information content (AvgIpc) is 2.15. The van der Waals surface area contributed by atoms with Gasteiger partial charge in [-0.2, -0.15) is 0 Å². The molecule has 3 heteroatoms. The molecule has 0 aliphatic heterocycles. The fourth-order valence-corrected chi connectivity index (χ4v) is 1.58. The Morgan fingerprint density at radius 3 is 2.33 bits per heavy atom. The van der Waals surface area contributed by atoms with E-state index < -0.39 is 0 Å². The van der Waals surface area contributed by atoms with Crippen molar-refractivity contribution >= 4 is 0 Å². The summed E-state index contributed by atoms with van der Waals surface area (Å²) < 4.78 is 10.4. The first-order chi connectivity index (χ1) is 7.16. The van der Waals surface area contributed by atoms with Crippen LogP contribution < -0.4 is 5.73 Å². The van der Waals surface area contributed by atoms with Gasteiger partial charge in [0.2, 0.25) is 0 Å². The van der Waals surface area contributed by atoms with E-state index in [1.165, 1.54) is 0 Å². The molecule has 1 atom stereocenters. The highest BCUT2D eigenvalue weighted by Crippen LogP contribution is 2.07. The molecule has 0 aliphatic carbocycles. The first-order valence-electron chi connectivity index (χ1n) is 5.99. The van der Waals surface area contributed by atoms with Crippen molar-refractivity contribution in [1.82, 2.24) is 0 Å². The number of nitrogens with two attached hydrogens (primary N) is 1. The lowest BCUT2D eigenvalue weighted by Gasteiger charge is -2.13. The largest absolute Gasteiger partial charge is 0.385 e. The summed E-state index contributed by atoms with van der Waals surface area (Å²) in [6.07, 6.45) is 4.24. The summed E-state index contributed by atoms with van der Waals surface area (Å²) in [6, 6.07) is 0.340. The predicted molar refractivity (Wildman–Crippen MR) is 64.0 cm³/mol.